The molecule has 6 nitrogen and oxygen atoms in total. The Kier molecular flexibility index (Phi) is 5.10. The third kappa shape index (κ3) is 3.90. The van der Waals surface area contributed by atoms with Gasteiger partial charge in [-0.15, -0.1) is 11.3 Å². The first kappa shape index (κ1) is 18.2. The average molecular weight is 411 g/mol. The lowest BCUT2D eigenvalue weighted by Gasteiger charge is -2.09. The summed E-state index contributed by atoms with van der Waals surface area (Å²) < 4.78 is 0. The van der Waals surface area contributed by atoms with Gasteiger partial charge in [0.25, 0.3) is 11.8 Å². The number of amides is 2. The van der Waals surface area contributed by atoms with E-state index in [9.17, 15) is 9.59 Å². The molecule has 0 aliphatic rings. The van der Waals surface area contributed by atoms with E-state index in [2.05, 4.69) is 20.6 Å². The number of benzene rings is 2. The molecule has 2 heterocycles. The third-order valence-electron chi connectivity index (χ3n) is 4.08. The maximum absolute atomic E-state index is 12.5. The number of nitrogens with one attached hydrogen (secondary N) is 3. The average Bonchev–Trinajstić information content (AvgIpc) is 3.37. The van der Waals surface area contributed by atoms with E-state index >= 15 is 0 Å². The minimum Gasteiger partial charge on any atom is -0.345 e. The minimum atomic E-state index is -0.288. The normalized spacial score (nSPS) is 10.8. The molecule has 140 valence electrons. The van der Waals surface area contributed by atoms with Crippen molar-refractivity contribution in [2.75, 3.05) is 5.32 Å². The van der Waals surface area contributed by atoms with Gasteiger partial charge in [-0.1, -0.05) is 29.8 Å². The highest BCUT2D eigenvalue weighted by atomic mass is 35.5. The van der Waals surface area contributed by atoms with Gasteiger partial charge in [0, 0.05) is 5.56 Å². The highest BCUT2D eigenvalue weighted by Gasteiger charge is 2.13. The van der Waals surface area contributed by atoms with Gasteiger partial charge in [-0.25, -0.2) is 4.98 Å². The van der Waals surface area contributed by atoms with Crippen molar-refractivity contribution in [2.45, 2.75) is 6.54 Å². The minimum absolute atomic E-state index is 0.257. The number of imidazole rings is 1. The van der Waals surface area contributed by atoms with Crippen LogP contribution in [0.25, 0.3) is 11.0 Å². The van der Waals surface area contributed by atoms with Crippen molar-refractivity contribution >= 4 is 51.5 Å². The summed E-state index contributed by atoms with van der Waals surface area (Å²) >= 11 is 7.50. The van der Waals surface area contributed by atoms with Gasteiger partial charge in [-0.05, 0) is 41.8 Å². The number of para-hydroxylation sites is 2. The summed E-state index contributed by atoms with van der Waals surface area (Å²) in [4.78, 5) is 32.9. The Bertz CT molecular complexity index is 1120. The number of thiophene rings is 1. The van der Waals surface area contributed by atoms with Crippen molar-refractivity contribution in [3.05, 3.63) is 81.3 Å². The third-order valence-corrected chi connectivity index (χ3v) is 5.27. The van der Waals surface area contributed by atoms with Gasteiger partial charge in [0.15, 0.2) is 0 Å². The van der Waals surface area contributed by atoms with Crippen molar-refractivity contribution in [3.63, 3.8) is 0 Å². The van der Waals surface area contributed by atoms with E-state index in [-0.39, 0.29) is 18.4 Å². The van der Waals surface area contributed by atoms with Crippen LogP contribution in [-0.2, 0) is 6.54 Å². The SMILES string of the molecule is O=C(NCc1nc2ccccc2[nH]1)c1ccc(Cl)c(NC(=O)c2cccs2)c1. The smallest absolute Gasteiger partial charge is 0.265 e. The van der Waals surface area contributed by atoms with Gasteiger partial charge in [-0.3, -0.25) is 9.59 Å². The number of aromatic amines is 1. The zero-order valence-corrected chi connectivity index (χ0v) is 16.1. The zero-order chi connectivity index (χ0) is 19.5. The summed E-state index contributed by atoms with van der Waals surface area (Å²) in [6.45, 7) is 0.257. The van der Waals surface area contributed by atoms with Crippen molar-refractivity contribution in [1.29, 1.82) is 0 Å². The van der Waals surface area contributed by atoms with E-state index in [1.807, 2.05) is 29.6 Å². The van der Waals surface area contributed by atoms with Gasteiger partial charge < -0.3 is 15.6 Å². The number of H-pyrrole nitrogens is 1. The molecule has 8 heteroatoms. The Morgan fingerprint density at radius 3 is 2.71 bits per heavy atom. The first-order valence-electron chi connectivity index (χ1n) is 8.46. The Morgan fingerprint density at radius 1 is 1.07 bits per heavy atom. The lowest BCUT2D eigenvalue weighted by Crippen LogP contribution is -2.23. The molecular weight excluding hydrogens is 396 g/mol. The summed E-state index contributed by atoms with van der Waals surface area (Å²) in [5.74, 6) is 0.107. The van der Waals surface area contributed by atoms with E-state index in [1.165, 1.54) is 11.3 Å². The highest BCUT2D eigenvalue weighted by Crippen LogP contribution is 2.24. The number of anilines is 1. The summed E-state index contributed by atoms with van der Waals surface area (Å²) in [6.07, 6.45) is 0. The van der Waals surface area contributed by atoms with Crippen molar-refractivity contribution in [1.82, 2.24) is 15.3 Å². The van der Waals surface area contributed by atoms with Crippen LogP contribution in [0.4, 0.5) is 5.69 Å². The molecule has 0 saturated carbocycles. The highest BCUT2D eigenvalue weighted by molar-refractivity contribution is 7.12. The number of aromatic nitrogens is 2. The van der Waals surface area contributed by atoms with E-state index in [0.29, 0.717) is 27.0 Å². The molecule has 4 aromatic rings. The topological polar surface area (TPSA) is 86.9 Å². The lowest BCUT2D eigenvalue weighted by atomic mass is 10.2. The number of hydrogen-bond donors (Lipinski definition) is 3. The van der Waals surface area contributed by atoms with Crippen LogP contribution in [-0.4, -0.2) is 21.8 Å². The van der Waals surface area contributed by atoms with Crippen molar-refractivity contribution in [2.24, 2.45) is 0 Å². The van der Waals surface area contributed by atoms with Crippen LogP contribution in [0.3, 0.4) is 0 Å². The lowest BCUT2D eigenvalue weighted by molar-refractivity contribution is 0.0948. The molecule has 0 saturated heterocycles. The predicted molar refractivity (Wildman–Crippen MR) is 111 cm³/mol. The fraction of sp³-hybridized carbons (Fsp3) is 0.0500. The Labute approximate surface area is 169 Å². The number of carbonyl (C=O) groups is 2. The van der Waals surface area contributed by atoms with E-state index in [0.717, 1.165) is 11.0 Å². The van der Waals surface area contributed by atoms with Crippen LogP contribution in [0.1, 0.15) is 25.9 Å². The van der Waals surface area contributed by atoms with E-state index in [1.54, 1.807) is 30.3 Å². The maximum atomic E-state index is 12.5. The van der Waals surface area contributed by atoms with E-state index < -0.39 is 0 Å². The van der Waals surface area contributed by atoms with Gasteiger partial charge in [0.2, 0.25) is 0 Å². The van der Waals surface area contributed by atoms with Crippen LogP contribution in [0, 0.1) is 0 Å². The van der Waals surface area contributed by atoms with Crippen LogP contribution < -0.4 is 10.6 Å². The second-order valence-corrected chi connectivity index (χ2v) is 7.36. The van der Waals surface area contributed by atoms with E-state index in [4.69, 9.17) is 11.6 Å². The monoisotopic (exact) mass is 410 g/mol. The molecule has 0 atom stereocenters. The zero-order valence-electron chi connectivity index (χ0n) is 14.5. The largest absolute Gasteiger partial charge is 0.345 e. The molecule has 0 aliphatic heterocycles. The number of carbonyl (C=O) groups excluding carboxylic acids is 2. The molecule has 3 N–H and O–H groups in total. The summed E-state index contributed by atoms with van der Waals surface area (Å²) in [6, 6.07) is 15.9. The Balaban J connectivity index is 1.45. The summed E-state index contributed by atoms with van der Waals surface area (Å²) in [7, 11) is 0. The first-order chi connectivity index (χ1) is 13.6. The summed E-state index contributed by atoms with van der Waals surface area (Å²) in [5.41, 5.74) is 2.53. The second-order valence-electron chi connectivity index (χ2n) is 6.01. The maximum Gasteiger partial charge on any atom is 0.265 e. The summed E-state index contributed by atoms with van der Waals surface area (Å²) in [5, 5.41) is 7.74. The fourth-order valence-corrected chi connectivity index (χ4v) is 3.49. The van der Waals surface area contributed by atoms with Crippen LogP contribution in [0.15, 0.2) is 60.0 Å². The molecule has 28 heavy (non-hydrogen) atoms. The van der Waals surface area contributed by atoms with Gasteiger partial charge in [0.05, 0.1) is 33.2 Å². The number of hydrogen-bond acceptors (Lipinski definition) is 4. The van der Waals surface area contributed by atoms with Gasteiger partial charge in [0.1, 0.15) is 5.82 Å². The molecule has 0 aliphatic carbocycles. The molecule has 2 amide bonds. The molecule has 0 bridgehead atoms. The van der Waals surface area contributed by atoms with Crippen LogP contribution >= 0.6 is 22.9 Å². The molecule has 0 unspecified atom stereocenters. The van der Waals surface area contributed by atoms with Crippen LogP contribution in [0.5, 0.6) is 0 Å². The van der Waals surface area contributed by atoms with Crippen molar-refractivity contribution < 1.29 is 9.59 Å². The number of nitrogens with zero attached hydrogens (tertiary/aromatic N) is 1. The molecule has 0 radical (unpaired) electrons. The quantitative estimate of drug-likeness (QED) is 0.454. The Hall–Kier alpha value is -3.16. The molecule has 0 spiro atoms. The Morgan fingerprint density at radius 2 is 1.93 bits per heavy atom. The van der Waals surface area contributed by atoms with Gasteiger partial charge in [-0.2, -0.15) is 0 Å². The molecule has 4 rings (SSSR count). The van der Waals surface area contributed by atoms with Crippen molar-refractivity contribution in [3.8, 4) is 0 Å². The molecular formula is C20H15ClN4O2S. The predicted octanol–water partition coefficient (Wildman–Crippen LogP) is 4.46. The number of rotatable bonds is 5. The molecule has 2 aromatic heterocycles. The second kappa shape index (κ2) is 7.84. The first-order valence-corrected chi connectivity index (χ1v) is 9.72. The van der Waals surface area contributed by atoms with Crippen LogP contribution in [0.2, 0.25) is 5.02 Å². The fourth-order valence-electron chi connectivity index (χ4n) is 2.71. The number of halogens is 1. The molecule has 2 aromatic carbocycles. The molecule has 0 fully saturated rings. The number of fused-ring (bicyclic) bond motifs is 1. The van der Waals surface area contributed by atoms with Gasteiger partial charge >= 0.3 is 0 Å². The standard InChI is InChI=1S/C20H15ClN4O2S/c21-13-8-7-12(10-16(13)25-20(27)17-6-3-9-28-17)19(26)22-11-18-23-14-4-1-2-5-15(14)24-18/h1-10H,11H2,(H,22,26)(H,23,24)(H,25,27).